The van der Waals surface area contributed by atoms with Gasteiger partial charge in [-0.1, -0.05) is 32.1 Å². The summed E-state index contributed by atoms with van der Waals surface area (Å²) in [6.07, 6.45) is 3.14. The Morgan fingerprint density at radius 2 is 2.06 bits per heavy atom. The van der Waals surface area contributed by atoms with Gasteiger partial charge in [0.1, 0.15) is 17.8 Å². The number of likely N-dealkylation sites (tertiary alicyclic amines) is 1. The van der Waals surface area contributed by atoms with Gasteiger partial charge in [-0.3, -0.25) is 9.59 Å². The fourth-order valence-electron chi connectivity index (χ4n) is 4.26. The molecule has 1 saturated heterocycles. The second-order valence-electron chi connectivity index (χ2n) is 9.14. The molecule has 3 heterocycles. The first-order chi connectivity index (χ1) is 14.7. The monoisotopic (exact) mass is 424 g/mol. The number of fused-ring (bicyclic) bond motifs is 1. The highest BCUT2D eigenvalue weighted by molar-refractivity contribution is 5.90. The summed E-state index contributed by atoms with van der Waals surface area (Å²) in [6, 6.07) is 6.57. The number of likely N-dealkylation sites (N-methyl/N-ethyl adjacent to an activating group) is 1. The van der Waals surface area contributed by atoms with E-state index in [0.29, 0.717) is 5.69 Å². The zero-order valence-corrected chi connectivity index (χ0v) is 18.2. The smallest absolute Gasteiger partial charge is 0.248 e. The van der Waals surface area contributed by atoms with Crippen LogP contribution in [0.4, 0.5) is 0 Å². The minimum absolute atomic E-state index is 0.120. The van der Waals surface area contributed by atoms with E-state index in [1.165, 1.54) is 11.9 Å². The molecule has 2 aromatic heterocycles. The molecular weight excluding hydrogens is 396 g/mol. The highest BCUT2D eigenvalue weighted by Crippen LogP contribution is 2.35. The molecule has 3 atom stereocenters. The number of amides is 2. The summed E-state index contributed by atoms with van der Waals surface area (Å²) in [4.78, 5) is 30.5. The van der Waals surface area contributed by atoms with Crippen LogP contribution in [0.15, 0.2) is 36.7 Å². The lowest BCUT2D eigenvalue weighted by Crippen LogP contribution is -2.49. The molecule has 1 fully saturated rings. The van der Waals surface area contributed by atoms with E-state index in [0.717, 1.165) is 16.5 Å². The van der Waals surface area contributed by atoms with E-state index >= 15 is 0 Å². The van der Waals surface area contributed by atoms with Crippen molar-refractivity contribution in [3.05, 3.63) is 36.7 Å². The van der Waals surface area contributed by atoms with Gasteiger partial charge in [0.2, 0.25) is 11.8 Å². The summed E-state index contributed by atoms with van der Waals surface area (Å²) in [5, 5.41) is 22.4. The van der Waals surface area contributed by atoms with Gasteiger partial charge < -0.3 is 20.3 Å². The Morgan fingerprint density at radius 1 is 1.29 bits per heavy atom. The number of β-amino-alcohol motifs (C(OH)–C–C–N with tert-alkyl or cyclic N) is 1. The highest BCUT2D eigenvalue weighted by atomic mass is 16.3. The third kappa shape index (κ3) is 3.93. The lowest BCUT2D eigenvalue weighted by atomic mass is 9.85. The molecule has 0 saturated carbocycles. The summed E-state index contributed by atoms with van der Waals surface area (Å²) in [7, 11) is 1.53. The fraction of sp³-hybridized carbons (Fsp3) is 0.455. The summed E-state index contributed by atoms with van der Waals surface area (Å²) in [5.41, 5.74) is 2.10. The number of aliphatic hydroxyl groups excluding tert-OH is 1. The molecule has 1 aliphatic rings. The summed E-state index contributed by atoms with van der Waals surface area (Å²) in [5.74, 6) is -0.535. The van der Waals surface area contributed by atoms with Crippen molar-refractivity contribution in [2.24, 2.45) is 5.41 Å². The van der Waals surface area contributed by atoms with Crippen molar-refractivity contribution in [3.8, 4) is 11.3 Å². The van der Waals surface area contributed by atoms with Crippen molar-refractivity contribution >= 4 is 22.7 Å². The number of aliphatic hydroxyl groups is 1. The van der Waals surface area contributed by atoms with Gasteiger partial charge in [0.15, 0.2) is 0 Å². The zero-order valence-electron chi connectivity index (χ0n) is 18.2. The number of aromatic amines is 1. The van der Waals surface area contributed by atoms with Crippen LogP contribution in [0.1, 0.15) is 33.2 Å². The van der Waals surface area contributed by atoms with Gasteiger partial charge >= 0.3 is 0 Å². The van der Waals surface area contributed by atoms with Gasteiger partial charge in [-0.15, -0.1) is 5.10 Å². The summed E-state index contributed by atoms with van der Waals surface area (Å²) in [6.45, 7) is 5.97. The standard InChI is InChI=1S/C22H28N6O3/c1-22(2,3)19(21(31)27-11-15(29)10-18(27)20(30)23-4)28-12-17(25-26-28)13-5-6-16-14(9-13)7-8-24-16/h5-9,12,15,18-19,24,29H,10-11H2,1-4H3,(H,23,30)/t15?,18?,19-/m1/s1. The first-order valence-corrected chi connectivity index (χ1v) is 10.4. The second-order valence-corrected chi connectivity index (χ2v) is 9.14. The zero-order chi connectivity index (χ0) is 22.3. The van der Waals surface area contributed by atoms with Crippen LogP contribution in [0.3, 0.4) is 0 Å². The number of hydrogen-bond donors (Lipinski definition) is 3. The Morgan fingerprint density at radius 3 is 2.77 bits per heavy atom. The number of rotatable bonds is 4. The van der Waals surface area contributed by atoms with Crippen molar-refractivity contribution in [2.75, 3.05) is 13.6 Å². The van der Waals surface area contributed by atoms with E-state index in [-0.39, 0.29) is 24.8 Å². The molecule has 9 heteroatoms. The first-order valence-electron chi connectivity index (χ1n) is 10.4. The van der Waals surface area contributed by atoms with Gasteiger partial charge in [-0.05, 0) is 23.6 Å². The maximum Gasteiger partial charge on any atom is 0.248 e. The van der Waals surface area contributed by atoms with Crippen LogP contribution in [0.25, 0.3) is 22.2 Å². The molecular formula is C22H28N6O3. The number of carbonyl (C=O) groups is 2. The number of nitrogens with one attached hydrogen (secondary N) is 2. The molecule has 3 aromatic rings. The van der Waals surface area contributed by atoms with Gasteiger partial charge in [-0.2, -0.15) is 0 Å². The minimum Gasteiger partial charge on any atom is -0.391 e. The maximum atomic E-state index is 13.6. The van der Waals surface area contributed by atoms with E-state index in [4.69, 9.17) is 0 Å². The lowest BCUT2D eigenvalue weighted by molar-refractivity contribution is -0.144. The summed E-state index contributed by atoms with van der Waals surface area (Å²) < 4.78 is 1.57. The molecule has 2 amide bonds. The van der Waals surface area contributed by atoms with Gasteiger partial charge in [-0.25, -0.2) is 4.68 Å². The van der Waals surface area contributed by atoms with Gasteiger partial charge in [0.25, 0.3) is 0 Å². The molecule has 4 rings (SSSR count). The number of H-pyrrole nitrogens is 1. The van der Waals surface area contributed by atoms with Crippen LogP contribution < -0.4 is 5.32 Å². The molecule has 0 bridgehead atoms. The fourth-order valence-corrected chi connectivity index (χ4v) is 4.26. The molecule has 1 aromatic carbocycles. The summed E-state index contributed by atoms with van der Waals surface area (Å²) >= 11 is 0. The average molecular weight is 425 g/mol. The molecule has 2 unspecified atom stereocenters. The quantitative estimate of drug-likeness (QED) is 0.590. The Labute approximate surface area is 180 Å². The Bertz CT molecular complexity index is 1110. The van der Waals surface area contributed by atoms with Crippen LogP contribution in [0.5, 0.6) is 0 Å². The predicted molar refractivity (Wildman–Crippen MR) is 116 cm³/mol. The number of hydrogen-bond acceptors (Lipinski definition) is 5. The lowest BCUT2D eigenvalue weighted by Gasteiger charge is -2.34. The average Bonchev–Trinajstić information content (AvgIpc) is 3.44. The third-order valence-corrected chi connectivity index (χ3v) is 5.79. The van der Waals surface area contributed by atoms with Crippen molar-refractivity contribution in [2.45, 2.75) is 45.4 Å². The van der Waals surface area contributed by atoms with Crippen LogP contribution in [-0.2, 0) is 9.59 Å². The van der Waals surface area contributed by atoms with Crippen molar-refractivity contribution in [1.82, 2.24) is 30.2 Å². The number of nitrogens with zero attached hydrogens (tertiary/aromatic N) is 4. The minimum atomic E-state index is -0.730. The molecule has 1 aliphatic heterocycles. The van der Waals surface area contributed by atoms with Crippen molar-refractivity contribution in [3.63, 3.8) is 0 Å². The molecule has 31 heavy (non-hydrogen) atoms. The largest absolute Gasteiger partial charge is 0.391 e. The topological polar surface area (TPSA) is 116 Å². The molecule has 0 spiro atoms. The molecule has 0 aliphatic carbocycles. The molecule has 164 valence electrons. The second kappa shape index (κ2) is 7.81. The first kappa shape index (κ1) is 21.0. The van der Waals surface area contributed by atoms with E-state index in [2.05, 4.69) is 20.6 Å². The number of carbonyl (C=O) groups excluding carboxylic acids is 2. The van der Waals surface area contributed by atoms with Crippen molar-refractivity contribution in [1.29, 1.82) is 0 Å². The SMILES string of the molecule is CNC(=O)C1CC(O)CN1C(=O)[C@@H](n1cc(-c2ccc3[nH]ccc3c2)nn1)C(C)(C)C. The third-order valence-electron chi connectivity index (χ3n) is 5.79. The predicted octanol–water partition coefficient (Wildman–Crippen LogP) is 1.72. The Balaban J connectivity index is 1.67. The molecule has 3 N–H and O–H groups in total. The van der Waals surface area contributed by atoms with Crippen LogP contribution in [0, 0.1) is 5.41 Å². The molecule has 0 radical (unpaired) electrons. The molecule has 9 nitrogen and oxygen atoms in total. The number of benzene rings is 1. The number of aromatic nitrogens is 4. The van der Waals surface area contributed by atoms with E-state index in [9.17, 15) is 14.7 Å². The highest BCUT2D eigenvalue weighted by Gasteiger charge is 2.45. The van der Waals surface area contributed by atoms with E-state index in [1.807, 2.05) is 51.2 Å². The van der Waals surface area contributed by atoms with Crippen LogP contribution in [-0.4, -0.2) is 67.5 Å². The van der Waals surface area contributed by atoms with Gasteiger partial charge in [0.05, 0.1) is 12.3 Å². The normalized spacial score (nSPS) is 20.2. The van der Waals surface area contributed by atoms with Gasteiger partial charge in [0, 0.05) is 42.7 Å². The van der Waals surface area contributed by atoms with Crippen LogP contribution >= 0.6 is 0 Å². The van der Waals surface area contributed by atoms with Crippen LogP contribution in [0.2, 0.25) is 0 Å². The van der Waals surface area contributed by atoms with E-state index in [1.54, 1.807) is 10.9 Å². The maximum absolute atomic E-state index is 13.6. The van der Waals surface area contributed by atoms with E-state index < -0.39 is 23.6 Å². The Kier molecular flexibility index (Phi) is 5.30. The Hall–Kier alpha value is -3.20. The van der Waals surface area contributed by atoms with Crippen molar-refractivity contribution < 1.29 is 14.7 Å².